The molecule has 0 bridgehead atoms. The Morgan fingerprint density at radius 1 is 1.42 bits per heavy atom. The van der Waals surface area contributed by atoms with Crippen molar-refractivity contribution >= 4 is 5.91 Å². The summed E-state index contributed by atoms with van der Waals surface area (Å²) in [4.78, 5) is 15.4. The van der Waals surface area contributed by atoms with Crippen molar-refractivity contribution in [3.8, 4) is 0 Å². The van der Waals surface area contributed by atoms with E-state index in [1.165, 1.54) is 12.8 Å². The standard InChI is InChI=1S/C14H29N3O2/c1-12(18)11-17-8-5-13(6-9-17)10-15-7-4-14(19)16(2)3/h12-13,15,18H,4-11H2,1-3H3/t12-/m1/s1. The summed E-state index contributed by atoms with van der Waals surface area (Å²) in [5.41, 5.74) is 0. The van der Waals surface area contributed by atoms with Crippen LogP contribution in [0.15, 0.2) is 0 Å². The van der Waals surface area contributed by atoms with E-state index in [0.717, 1.165) is 32.7 Å². The number of nitrogens with zero attached hydrogens (tertiary/aromatic N) is 2. The Hall–Kier alpha value is -0.650. The predicted octanol–water partition coefficient (Wildman–Crippen LogP) is 0.147. The van der Waals surface area contributed by atoms with Crippen molar-refractivity contribution < 1.29 is 9.90 Å². The summed E-state index contributed by atoms with van der Waals surface area (Å²) >= 11 is 0. The SMILES string of the molecule is C[C@@H](O)CN1CCC(CNCCC(=O)N(C)C)CC1. The molecule has 0 spiro atoms. The monoisotopic (exact) mass is 271 g/mol. The van der Waals surface area contributed by atoms with Crippen LogP contribution in [0, 0.1) is 5.92 Å². The summed E-state index contributed by atoms with van der Waals surface area (Å²) in [6.07, 6.45) is 2.71. The van der Waals surface area contributed by atoms with Crippen molar-refractivity contribution in [2.75, 3.05) is 46.8 Å². The molecule has 1 aliphatic heterocycles. The normalized spacial score (nSPS) is 19.4. The lowest BCUT2D eigenvalue weighted by Gasteiger charge is -2.32. The summed E-state index contributed by atoms with van der Waals surface area (Å²) in [6, 6.07) is 0. The summed E-state index contributed by atoms with van der Waals surface area (Å²) in [6.45, 7) is 6.56. The van der Waals surface area contributed by atoms with Gasteiger partial charge >= 0.3 is 0 Å². The van der Waals surface area contributed by atoms with Crippen LogP contribution in [0.2, 0.25) is 0 Å². The number of piperidine rings is 1. The topological polar surface area (TPSA) is 55.8 Å². The number of rotatable bonds is 7. The van der Waals surface area contributed by atoms with Crippen LogP contribution >= 0.6 is 0 Å². The van der Waals surface area contributed by atoms with E-state index in [-0.39, 0.29) is 12.0 Å². The zero-order valence-corrected chi connectivity index (χ0v) is 12.6. The molecule has 1 fully saturated rings. The maximum Gasteiger partial charge on any atom is 0.223 e. The van der Waals surface area contributed by atoms with Gasteiger partial charge in [0, 0.05) is 33.6 Å². The first-order valence-electron chi connectivity index (χ1n) is 7.30. The second kappa shape index (κ2) is 8.51. The van der Waals surface area contributed by atoms with Crippen LogP contribution in [0.5, 0.6) is 0 Å². The Labute approximate surface area is 117 Å². The van der Waals surface area contributed by atoms with Gasteiger partial charge in [-0.2, -0.15) is 0 Å². The minimum atomic E-state index is -0.230. The highest BCUT2D eigenvalue weighted by Crippen LogP contribution is 2.16. The van der Waals surface area contributed by atoms with Crippen LogP contribution in [0.25, 0.3) is 0 Å². The first kappa shape index (κ1) is 16.4. The van der Waals surface area contributed by atoms with E-state index in [2.05, 4.69) is 10.2 Å². The number of aliphatic hydroxyl groups is 1. The molecular weight excluding hydrogens is 242 g/mol. The molecular formula is C14H29N3O2. The molecule has 0 unspecified atom stereocenters. The summed E-state index contributed by atoms with van der Waals surface area (Å²) < 4.78 is 0. The summed E-state index contributed by atoms with van der Waals surface area (Å²) in [5.74, 6) is 0.888. The molecule has 0 radical (unpaired) electrons. The Bertz CT molecular complexity index is 261. The molecule has 1 rings (SSSR count). The largest absolute Gasteiger partial charge is 0.392 e. The second-order valence-corrected chi connectivity index (χ2v) is 5.84. The Balaban J connectivity index is 2.05. The molecule has 1 saturated heterocycles. The number of hydrogen-bond donors (Lipinski definition) is 2. The molecule has 112 valence electrons. The second-order valence-electron chi connectivity index (χ2n) is 5.84. The average molecular weight is 271 g/mol. The minimum absolute atomic E-state index is 0.180. The molecule has 0 aromatic heterocycles. The molecule has 0 aromatic carbocycles. The maximum atomic E-state index is 11.4. The van der Waals surface area contributed by atoms with Gasteiger partial charge in [-0.3, -0.25) is 4.79 Å². The first-order chi connectivity index (χ1) is 8.99. The van der Waals surface area contributed by atoms with Crippen molar-refractivity contribution in [2.45, 2.75) is 32.3 Å². The van der Waals surface area contributed by atoms with E-state index in [4.69, 9.17) is 0 Å². The Morgan fingerprint density at radius 3 is 2.58 bits per heavy atom. The van der Waals surface area contributed by atoms with Crippen LogP contribution in [-0.2, 0) is 4.79 Å². The highest BCUT2D eigenvalue weighted by atomic mass is 16.3. The number of nitrogens with one attached hydrogen (secondary N) is 1. The lowest BCUT2D eigenvalue weighted by Crippen LogP contribution is -2.40. The van der Waals surface area contributed by atoms with E-state index in [0.29, 0.717) is 12.3 Å². The van der Waals surface area contributed by atoms with Crippen molar-refractivity contribution in [3.63, 3.8) is 0 Å². The lowest BCUT2D eigenvalue weighted by molar-refractivity contribution is -0.128. The molecule has 0 aliphatic carbocycles. The zero-order chi connectivity index (χ0) is 14.3. The zero-order valence-electron chi connectivity index (χ0n) is 12.6. The van der Waals surface area contributed by atoms with Crippen molar-refractivity contribution in [1.29, 1.82) is 0 Å². The minimum Gasteiger partial charge on any atom is -0.392 e. The molecule has 1 heterocycles. The Morgan fingerprint density at radius 2 is 2.05 bits per heavy atom. The fourth-order valence-corrected chi connectivity index (χ4v) is 2.47. The number of aliphatic hydroxyl groups excluding tert-OH is 1. The molecule has 1 atom stereocenters. The van der Waals surface area contributed by atoms with Gasteiger partial charge < -0.3 is 20.2 Å². The van der Waals surface area contributed by atoms with E-state index < -0.39 is 0 Å². The molecule has 0 aromatic rings. The molecule has 1 amide bonds. The van der Waals surface area contributed by atoms with Crippen LogP contribution in [0.4, 0.5) is 0 Å². The lowest BCUT2D eigenvalue weighted by atomic mass is 9.96. The smallest absolute Gasteiger partial charge is 0.223 e. The predicted molar refractivity (Wildman–Crippen MR) is 77.0 cm³/mol. The Kier molecular flexibility index (Phi) is 7.34. The van der Waals surface area contributed by atoms with Crippen LogP contribution in [-0.4, -0.2) is 73.7 Å². The van der Waals surface area contributed by atoms with Gasteiger partial charge in [-0.1, -0.05) is 0 Å². The fourth-order valence-electron chi connectivity index (χ4n) is 2.47. The fraction of sp³-hybridized carbons (Fsp3) is 0.929. The van der Waals surface area contributed by atoms with Gasteiger partial charge in [0.1, 0.15) is 0 Å². The van der Waals surface area contributed by atoms with Gasteiger partial charge in [0.05, 0.1) is 6.10 Å². The average Bonchev–Trinajstić information content (AvgIpc) is 2.35. The third-order valence-electron chi connectivity index (χ3n) is 3.68. The summed E-state index contributed by atoms with van der Waals surface area (Å²) in [7, 11) is 3.58. The van der Waals surface area contributed by atoms with E-state index in [1.54, 1.807) is 19.0 Å². The quantitative estimate of drug-likeness (QED) is 0.647. The number of carbonyl (C=O) groups is 1. The van der Waals surface area contributed by atoms with Gasteiger partial charge in [0.25, 0.3) is 0 Å². The number of amides is 1. The summed E-state index contributed by atoms with van der Waals surface area (Å²) in [5, 5.41) is 12.7. The third kappa shape index (κ3) is 6.89. The van der Waals surface area contributed by atoms with Gasteiger partial charge in [-0.15, -0.1) is 0 Å². The molecule has 1 aliphatic rings. The number of carbonyl (C=O) groups excluding carboxylic acids is 1. The van der Waals surface area contributed by atoms with Gasteiger partial charge in [-0.25, -0.2) is 0 Å². The maximum absolute atomic E-state index is 11.4. The molecule has 19 heavy (non-hydrogen) atoms. The molecule has 2 N–H and O–H groups in total. The van der Waals surface area contributed by atoms with Crippen molar-refractivity contribution in [3.05, 3.63) is 0 Å². The van der Waals surface area contributed by atoms with E-state index in [1.807, 2.05) is 6.92 Å². The van der Waals surface area contributed by atoms with Crippen LogP contribution < -0.4 is 5.32 Å². The third-order valence-corrected chi connectivity index (χ3v) is 3.68. The van der Waals surface area contributed by atoms with Gasteiger partial charge in [-0.05, 0) is 45.3 Å². The molecule has 5 heteroatoms. The van der Waals surface area contributed by atoms with Crippen molar-refractivity contribution in [2.24, 2.45) is 5.92 Å². The number of hydrogen-bond acceptors (Lipinski definition) is 4. The van der Waals surface area contributed by atoms with Crippen molar-refractivity contribution in [1.82, 2.24) is 15.1 Å². The number of likely N-dealkylation sites (tertiary alicyclic amines) is 1. The number of β-amino-alcohol motifs (C(OH)–C–C–N with tert-alkyl or cyclic N) is 1. The van der Waals surface area contributed by atoms with E-state index >= 15 is 0 Å². The first-order valence-corrected chi connectivity index (χ1v) is 7.30. The van der Waals surface area contributed by atoms with Gasteiger partial charge in [0.2, 0.25) is 5.91 Å². The van der Waals surface area contributed by atoms with Crippen LogP contribution in [0.3, 0.4) is 0 Å². The molecule has 0 saturated carbocycles. The highest BCUT2D eigenvalue weighted by molar-refractivity contribution is 5.75. The van der Waals surface area contributed by atoms with Gasteiger partial charge in [0.15, 0.2) is 0 Å². The van der Waals surface area contributed by atoms with Crippen LogP contribution in [0.1, 0.15) is 26.2 Å². The van der Waals surface area contributed by atoms with E-state index in [9.17, 15) is 9.90 Å². The highest BCUT2D eigenvalue weighted by Gasteiger charge is 2.19. The molecule has 5 nitrogen and oxygen atoms in total.